The molecule has 0 bridgehead atoms. The monoisotopic (exact) mass is 342 g/mol. The van der Waals surface area contributed by atoms with Gasteiger partial charge in [-0.15, -0.1) is 11.3 Å². The number of benzene rings is 2. The van der Waals surface area contributed by atoms with Gasteiger partial charge in [-0.1, -0.05) is 48.0 Å². The molecule has 23 heavy (non-hydrogen) atoms. The van der Waals surface area contributed by atoms with Gasteiger partial charge in [0.05, 0.1) is 0 Å². The van der Waals surface area contributed by atoms with Gasteiger partial charge in [0.25, 0.3) is 0 Å². The third-order valence-electron chi connectivity index (χ3n) is 3.66. The van der Waals surface area contributed by atoms with Crippen LogP contribution < -0.4 is 0 Å². The van der Waals surface area contributed by atoms with Crippen molar-refractivity contribution in [3.8, 4) is 0 Å². The van der Waals surface area contributed by atoms with Crippen molar-refractivity contribution in [1.29, 1.82) is 0 Å². The molecule has 4 heteroatoms. The lowest BCUT2D eigenvalue weighted by atomic mass is 10.1. The maximum absolute atomic E-state index is 10.8. The molecule has 0 aliphatic rings. The Morgan fingerprint density at radius 1 is 1.22 bits per heavy atom. The van der Waals surface area contributed by atoms with Gasteiger partial charge in [-0.2, -0.15) is 0 Å². The fourth-order valence-electron chi connectivity index (χ4n) is 2.55. The van der Waals surface area contributed by atoms with Gasteiger partial charge < -0.3 is 5.11 Å². The standard InChI is InChI=1S/C19H15ClO2S/c1-12-6-7-13(16(20)10-12)11-18-15-5-3-2-4-14(15)17(23-18)8-9-19(21)22/h2-10H,11H2,1H3,(H,21,22). The minimum absolute atomic E-state index is 0.741. The van der Waals surface area contributed by atoms with Crippen LogP contribution in [0.4, 0.5) is 0 Å². The van der Waals surface area contributed by atoms with E-state index in [0.29, 0.717) is 0 Å². The van der Waals surface area contributed by atoms with Crippen LogP contribution >= 0.6 is 22.9 Å². The van der Waals surface area contributed by atoms with Crippen LogP contribution in [0.15, 0.2) is 48.5 Å². The topological polar surface area (TPSA) is 37.3 Å². The number of carbonyl (C=O) groups is 1. The quantitative estimate of drug-likeness (QED) is 0.631. The molecule has 2 nitrogen and oxygen atoms in total. The molecule has 0 saturated heterocycles. The van der Waals surface area contributed by atoms with Crippen molar-refractivity contribution in [3.05, 3.63) is 74.4 Å². The van der Waals surface area contributed by atoms with E-state index in [-0.39, 0.29) is 0 Å². The van der Waals surface area contributed by atoms with E-state index >= 15 is 0 Å². The molecule has 0 aliphatic carbocycles. The Labute approximate surface area is 143 Å². The molecule has 1 aromatic heterocycles. The second-order valence-corrected chi connectivity index (χ2v) is 6.92. The summed E-state index contributed by atoms with van der Waals surface area (Å²) in [6.07, 6.45) is 3.59. The van der Waals surface area contributed by atoms with Crippen LogP contribution in [0.25, 0.3) is 16.8 Å². The lowest BCUT2D eigenvalue weighted by molar-refractivity contribution is -0.131. The number of aryl methyl sites for hydroxylation is 1. The third kappa shape index (κ3) is 3.46. The molecule has 0 aliphatic heterocycles. The fourth-order valence-corrected chi connectivity index (χ4v) is 4.06. The van der Waals surface area contributed by atoms with Gasteiger partial charge in [0.15, 0.2) is 0 Å². The summed E-state index contributed by atoms with van der Waals surface area (Å²) in [7, 11) is 0. The predicted octanol–water partition coefficient (Wildman–Crippen LogP) is 5.55. The number of carboxylic acids is 1. The molecule has 116 valence electrons. The minimum atomic E-state index is -0.939. The second kappa shape index (κ2) is 6.57. The number of aliphatic carboxylic acids is 1. The highest BCUT2D eigenvalue weighted by molar-refractivity contribution is 7.14. The molecule has 0 amide bonds. The second-order valence-electron chi connectivity index (χ2n) is 5.38. The highest BCUT2D eigenvalue weighted by Crippen LogP contribution is 2.35. The number of carboxylic acid groups (broad SMARTS) is 1. The summed E-state index contributed by atoms with van der Waals surface area (Å²) >= 11 is 7.97. The zero-order valence-corrected chi connectivity index (χ0v) is 14.1. The summed E-state index contributed by atoms with van der Waals surface area (Å²) in [5.41, 5.74) is 2.22. The first-order chi connectivity index (χ1) is 11.0. The van der Waals surface area contributed by atoms with Gasteiger partial charge in [0.1, 0.15) is 0 Å². The summed E-state index contributed by atoms with van der Waals surface area (Å²) in [6, 6.07) is 14.1. The van der Waals surface area contributed by atoms with E-state index in [2.05, 4.69) is 18.2 Å². The Bertz CT molecular complexity index is 909. The van der Waals surface area contributed by atoms with Crippen LogP contribution in [0.2, 0.25) is 5.02 Å². The average molecular weight is 343 g/mol. The van der Waals surface area contributed by atoms with Crippen molar-refractivity contribution >= 4 is 45.8 Å². The number of fused-ring (bicyclic) bond motifs is 1. The first kappa shape index (κ1) is 15.8. The van der Waals surface area contributed by atoms with E-state index in [1.165, 1.54) is 11.0 Å². The SMILES string of the molecule is Cc1ccc(Cc2sc(C=CC(=O)O)c3ccccc23)c(Cl)c1. The Balaban J connectivity index is 2.05. The van der Waals surface area contributed by atoms with Crippen molar-refractivity contribution in [2.24, 2.45) is 0 Å². The van der Waals surface area contributed by atoms with E-state index in [1.54, 1.807) is 17.4 Å². The summed E-state index contributed by atoms with van der Waals surface area (Å²) in [6.45, 7) is 2.02. The Morgan fingerprint density at radius 3 is 2.65 bits per heavy atom. The van der Waals surface area contributed by atoms with Gasteiger partial charge in [0.2, 0.25) is 0 Å². The number of rotatable bonds is 4. The van der Waals surface area contributed by atoms with Crippen LogP contribution in [0.5, 0.6) is 0 Å². The largest absolute Gasteiger partial charge is 0.478 e. The molecule has 0 saturated carbocycles. The molecule has 0 fully saturated rings. The van der Waals surface area contributed by atoms with E-state index in [9.17, 15) is 4.79 Å². The van der Waals surface area contributed by atoms with Crippen molar-refractivity contribution in [2.75, 3.05) is 0 Å². The number of hydrogen-bond donors (Lipinski definition) is 1. The van der Waals surface area contributed by atoms with E-state index < -0.39 is 5.97 Å². The molecule has 3 aromatic rings. The minimum Gasteiger partial charge on any atom is -0.478 e. The molecule has 2 aromatic carbocycles. The Morgan fingerprint density at radius 2 is 1.96 bits per heavy atom. The van der Waals surface area contributed by atoms with E-state index in [0.717, 1.165) is 38.2 Å². The first-order valence-corrected chi connectivity index (χ1v) is 8.40. The summed E-state index contributed by atoms with van der Waals surface area (Å²) in [5.74, 6) is -0.939. The molecule has 0 spiro atoms. The number of halogens is 1. The van der Waals surface area contributed by atoms with Crippen LogP contribution in [-0.4, -0.2) is 11.1 Å². The third-order valence-corrected chi connectivity index (χ3v) is 5.20. The van der Waals surface area contributed by atoms with Crippen molar-refractivity contribution in [2.45, 2.75) is 13.3 Å². The van der Waals surface area contributed by atoms with Crippen LogP contribution in [0.1, 0.15) is 20.9 Å². The Kier molecular flexibility index (Phi) is 4.51. The zero-order chi connectivity index (χ0) is 16.4. The van der Waals surface area contributed by atoms with Crippen LogP contribution in [0, 0.1) is 6.92 Å². The summed E-state index contributed by atoms with van der Waals surface area (Å²) in [5, 5.41) is 11.8. The van der Waals surface area contributed by atoms with Crippen molar-refractivity contribution in [1.82, 2.24) is 0 Å². The molecular formula is C19H15ClO2S. The molecule has 0 radical (unpaired) electrons. The van der Waals surface area contributed by atoms with Gasteiger partial charge >= 0.3 is 5.97 Å². The fraction of sp³-hybridized carbons (Fsp3) is 0.105. The van der Waals surface area contributed by atoms with E-state index in [4.69, 9.17) is 16.7 Å². The molecule has 1 N–H and O–H groups in total. The molecular weight excluding hydrogens is 328 g/mol. The van der Waals surface area contributed by atoms with Crippen molar-refractivity contribution in [3.63, 3.8) is 0 Å². The normalized spacial score (nSPS) is 11.4. The highest BCUT2D eigenvalue weighted by Gasteiger charge is 2.11. The maximum atomic E-state index is 10.8. The van der Waals surface area contributed by atoms with Gasteiger partial charge in [-0.05, 0) is 41.0 Å². The van der Waals surface area contributed by atoms with Gasteiger partial charge in [-0.3, -0.25) is 0 Å². The molecule has 3 rings (SSSR count). The lowest BCUT2D eigenvalue weighted by Gasteiger charge is -2.04. The molecule has 1 heterocycles. The summed E-state index contributed by atoms with van der Waals surface area (Å²) in [4.78, 5) is 12.9. The predicted molar refractivity (Wildman–Crippen MR) is 97.5 cm³/mol. The number of hydrogen-bond acceptors (Lipinski definition) is 2. The van der Waals surface area contributed by atoms with Crippen molar-refractivity contribution < 1.29 is 9.90 Å². The molecule has 0 atom stereocenters. The number of thiophene rings is 1. The van der Waals surface area contributed by atoms with Gasteiger partial charge in [0, 0.05) is 27.3 Å². The summed E-state index contributed by atoms with van der Waals surface area (Å²) < 4.78 is 0. The maximum Gasteiger partial charge on any atom is 0.328 e. The highest BCUT2D eigenvalue weighted by atomic mass is 35.5. The average Bonchev–Trinajstić information content (AvgIpc) is 2.86. The first-order valence-electron chi connectivity index (χ1n) is 7.21. The van der Waals surface area contributed by atoms with E-state index in [1.807, 2.05) is 31.2 Å². The molecule has 0 unspecified atom stereocenters. The smallest absolute Gasteiger partial charge is 0.328 e. The lowest BCUT2D eigenvalue weighted by Crippen LogP contribution is -1.88. The zero-order valence-electron chi connectivity index (χ0n) is 12.5. The van der Waals surface area contributed by atoms with Crippen LogP contribution in [-0.2, 0) is 11.2 Å². The van der Waals surface area contributed by atoms with Gasteiger partial charge in [-0.25, -0.2) is 4.79 Å². The van der Waals surface area contributed by atoms with Crippen LogP contribution in [0.3, 0.4) is 0 Å². The Hall–Kier alpha value is -2.10.